The van der Waals surface area contributed by atoms with E-state index in [1.54, 1.807) is 39.8 Å². The highest BCUT2D eigenvalue weighted by atomic mass is 19.1. The van der Waals surface area contributed by atoms with Crippen molar-refractivity contribution in [3.8, 4) is 0 Å². The van der Waals surface area contributed by atoms with E-state index in [1.807, 2.05) is 13.8 Å². The Morgan fingerprint density at radius 3 is 1.47 bits per heavy atom. The van der Waals surface area contributed by atoms with Crippen LogP contribution in [-0.2, 0) is 23.9 Å². The highest BCUT2D eigenvalue weighted by Gasteiger charge is 2.77. The molecule has 0 heterocycles. The van der Waals surface area contributed by atoms with Gasteiger partial charge in [-0.3, -0.25) is 19.2 Å². The van der Waals surface area contributed by atoms with Gasteiger partial charge in [-0.2, -0.15) is 0 Å². The molecule has 8 rings (SSSR count). The molecule has 8 aliphatic carbocycles. The second kappa shape index (κ2) is 13.4. The highest BCUT2D eigenvalue weighted by Crippen LogP contribution is 2.72. The monoisotopic (exact) mass is 798 g/mol. The smallest absolute Gasteiger partial charge is 0.190 e. The second-order valence-corrected chi connectivity index (χ2v) is 19.8. The molecular formula is C45H60F2O10. The number of aliphatic hydroxyl groups is 5. The zero-order valence-electron chi connectivity index (χ0n) is 34.2. The number of Topliss-reactive ketones (excluding diaryl/α,β-unsaturated/α-hetero) is 2. The Morgan fingerprint density at radius 2 is 1.11 bits per heavy atom. The summed E-state index contributed by atoms with van der Waals surface area (Å²) in [6.45, 7) is 9.69. The molecular weight excluding hydrogens is 738 g/mol. The van der Waals surface area contributed by atoms with Crippen molar-refractivity contribution in [1.29, 1.82) is 0 Å². The largest absolute Gasteiger partial charge is 0.390 e. The van der Waals surface area contributed by atoms with Crippen LogP contribution in [0.25, 0.3) is 0 Å². The maximum atomic E-state index is 16.9. The molecule has 6 saturated carbocycles. The van der Waals surface area contributed by atoms with Crippen LogP contribution >= 0.6 is 0 Å². The summed E-state index contributed by atoms with van der Waals surface area (Å²) < 4.78 is 38.8. The molecule has 0 spiro atoms. The molecule has 0 amide bonds. The lowest BCUT2D eigenvalue weighted by Gasteiger charge is -2.62. The second-order valence-electron chi connectivity index (χ2n) is 19.8. The van der Waals surface area contributed by atoms with Crippen LogP contribution in [0.1, 0.15) is 92.9 Å². The first-order chi connectivity index (χ1) is 26.4. The number of fused-ring (bicyclic) bond motifs is 10. The third kappa shape index (κ3) is 5.06. The number of carbonyl (C=O) groups excluding carboxylic acids is 4. The number of aliphatic hydroxyl groups excluding tert-OH is 3. The first kappa shape index (κ1) is 42.4. The number of ether oxygens (including phenoxy) is 1. The van der Waals surface area contributed by atoms with Crippen molar-refractivity contribution in [3.63, 3.8) is 0 Å². The van der Waals surface area contributed by atoms with E-state index in [4.69, 9.17) is 4.74 Å². The van der Waals surface area contributed by atoms with E-state index in [2.05, 4.69) is 0 Å². The molecule has 5 N–H and O–H groups in total. The van der Waals surface area contributed by atoms with Gasteiger partial charge in [-0.15, -0.1) is 0 Å². The molecule has 57 heavy (non-hydrogen) atoms. The van der Waals surface area contributed by atoms with Crippen molar-refractivity contribution in [2.45, 2.75) is 128 Å². The Balaban J connectivity index is 0.000000174. The maximum absolute atomic E-state index is 16.9. The van der Waals surface area contributed by atoms with Crippen molar-refractivity contribution in [2.24, 2.45) is 57.2 Å². The van der Waals surface area contributed by atoms with Gasteiger partial charge in [0.1, 0.15) is 24.4 Å². The fourth-order valence-electron chi connectivity index (χ4n) is 14.6. The highest BCUT2D eigenvalue weighted by molar-refractivity contribution is 6.02. The van der Waals surface area contributed by atoms with Gasteiger partial charge in [0.15, 0.2) is 34.5 Å². The van der Waals surface area contributed by atoms with E-state index in [-0.39, 0.29) is 48.8 Å². The third-order valence-electron chi connectivity index (χ3n) is 17.7. The molecule has 0 bridgehead atoms. The van der Waals surface area contributed by atoms with Gasteiger partial charge in [0, 0.05) is 40.6 Å². The first-order valence-corrected chi connectivity index (χ1v) is 20.7. The molecule has 10 nitrogen and oxygen atoms in total. The number of hydrogen-bond donors (Lipinski definition) is 5. The standard InChI is InChI=1S/C23H31FO5.C22H29FO5/c1-13-9-17-16-6-5-14-10-15(25)7-8-20(14,2)22(16,24)18(26)11-21(17,3)23(13,28)19(27)12-29-4;1-12-8-16-15-5-4-13-9-14(25)6-7-19(13,2)21(15,23)17(26)10-20(16,3)22(12,28)18(27)11-24/h7-8,10,13,16-18,26,28H,5-6,9,11-12H2,1-4H3;6-7,9,12,15-17,24,26,28H,4-5,8,10-11H2,1-3H3/t13-,16+,17+,18+,20+,21+,22+,23+;12-,15+,16+,17+,19+,20+,21+,22+/m11/s1. The molecule has 0 aromatic carbocycles. The third-order valence-corrected chi connectivity index (χ3v) is 17.7. The van der Waals surface area contributed by atoms with Gasteiger partial charge in [0.25, 0.3) is 0 Å². The van der Waals surface area contributed by atoms with Gasteiger partial charge < -0.3 is 30.3 Å². The number of allylic oxidation sites excluding steroid dienone is 8. The Labute approximate surface area is 333 Å². The van der Waals surface area contributed by atoms with Gasteiger partial charge in [-0.1, -0.05) is 51.0 Å². The fourth-order valence-corrected chi connectivity index (χ4v) is 14.6. The minimum Gasteiger partial charge on any atom is -0.390 e. The first-order valence-electron chi connectivity index (χ1n) is 20.7. The fraction of sp³-hybridized carbons (Fsp3) is 0.733. The van der Waals surface area contributed by atoms with Crippen LogP contribution in [0, 0.1) is 57.2 Å². The van der Waals surface area contributed by atoms with Gasteiger partial charge in [-0.25, -0.2) is 8.78 Å². The number of ketones is 4. The lowest BCUT2D eigenvalue weighted by atomic mass is 9.44. The Bertz CT molecular complexity index is 1890. The van der Waals surface area contributed by atoms with Crippen LogP contribution < -0.4 is 0 Å². The van der Waals surface area contributed by atoms with Crippen LogP contribution in [0.15, 0.2) is 47.6 Å². The van der Waals surface area contributed by atoms with E-state index in [0.29, 0.717) is 44.1 Å². The number of methoxy groups -OCH3 is 1. The van der Waals surface area contributed by atoms with Crippen molar-refractivity contribution in [3.05, 3.63) is 47.6 Å². The quantitative estimate of drug-likeness (QED) is 0.267. The summed E-state index contributed by atoms with van der Waals surface area (Å²) >= 11 is 0. The predicted octanol–water partition coefficient (Wildman–Crippen LogP) is 4.45. The topological polar surface area (TPSA) is 179 Å². The molecule has 0 aromatic rings. The summed E-state index contributed by atoms with van der Waals surface area (Å²) in [6.07, 6.45) is 9.16. The molecule has 0 radical (unpaired) electrons. The number of halogens is 2. The van der Waals surface area contributed by atoms with Crippen LogP contribution in [0.2, 0.25) is 0 Å². The average Bonchev–Trinajstić information content (AvgIpc) is 3.48. The summed E-state index contributed by atoms with van der Waals surface area (Å²) in [4.78, 5) is 49.2. The van der Waals surface area contributed by atoms with E-state index in [0.717, 1.165) is 5.57 Å². The van der Waals surface area contributed by atoms with Crippen molar-refractivity contribution in [2.75, 3.05) is 20.3 Å². The Morgan fingerprint density at radius 1 is 0.719 bits per heavy atom. The zero-order chi connectivity index (χ0) is 42.1. The lowest BCUT2D eigenvalue weighted by molar-refractivity contribution is -0.219. The van der Waals surface area contributed by atoms with E-state index in [1.165, 1.54) is 31.4 Å². The average molecular weight is 799 g/mol. The summed E-state index contributed by atoms with van der Waals surface area (Å²) in [5.74, 6) is -3.79. The van der Waals surface area contributed by atoms with Crippen LogP contribution in [0.3, 0.4) is 0 Å². The molecule has 0 saturated heterocycles. The summed E-state index contributed by atoms with van der Waals surface area (Å²) in [5.41, 5.74) is -10.1. The van der Waals surface area contributed by atoms with Crippen LogP contribution in [0.5, 0.6) is 0 Å². The Kier molecular flexibility index (Phi) is 9.95. The maximum Gasteiger partial charge on any atom is 0.190 e. The molecule has 8 aliphatic rings. The van der Waals surface area contributed by atoms with Crippen molar-refractivity contribution < 1.29 is 58.2 Å². The van der Waals surface area contributed by atoms with Crippen molar-refractivity contribution in [1.82, 2.24) is 0 Å². The summed E-state index contributed by atoms with van der Waals surface area (Å²) in [6, 6.07) is 0. The van der Waals surface area contributed by atoms with E-state index >= 15 is 8.78 Å². The van der Waals surface area contributed by atoms with E-state index < -0.39 is 92.3 Å². The molecule has 0 aliphatic heterocycles. The molecule has 12 heteroatoms. The van der Waals surface area contributed by atoms with Crippen molar-refractivity contribution >= 4 is 23.1 Å². The normalized spacial score (nSPS) is 51.8. The molecule has 0 aromatic heterocycles. The minimum atomic E-state index is -1.98. The van der Waals surface area contributed by atoms with Gasteiger partial charge in [0.05, 0.1) is 12.2 Å². The summed E-state index contributed by atoms with van der Waals surface area (Å²) in [5, 5.41) is 54.8. The minimum absolute atomic E-state index is 0.00832. The summed E-state index contributed by atoms with van der Waals surface area (Å²) in [7, 11) is 1.41. The molecule has 314 valence electrons. The van der Waals surface area contributed by atoms with Crippen LogP contribution in [-0.4, -0.2) is 104 Å². The van der Waals surface area contributed by atoms with Gasteiger partial charge in [0.2, 0.25) is 0 Å². The number of alkyl halides is 2. The zero-order valence-corrected chi connectivity index (χ0v) is 34.2. The van der Waals surface area contributed by atoms with Crippen LogP contribution in [0.4, 0.5) is 8.78 Å². The number of hydrogen-bond acceptors (Lipinski definition) is 10. The number of carbonyl (C=O) groups is 4. The molecule has 6 fully saturated rings. The Hall–Kier alpha value is -2.74. The predicted molar refractivity (Wildman–Crippen MR) is 205 cm³/mol. The van der Waals surface area contributed by atoms with Gasteiger partial charge >= 0.3 is 0 Å². The number of rotatable bonds is 5. The SMILES string of the molecule is COCC(=O)[C@@]1(O)[C@H](C)C[C@H]2[C@@H]3CCC4=CC(=O)C=C[C@]4(C)[C@@]3(F)[C@@H](O)C[C@@]21C.C[C@@H]1C[C@H]2[C@@H]3CCC4=CC(=O)C=C[C@]4(C)[C@@]3(F)[C@@H](O)C[C@]2(C)[C@@]1(O)C(=O)CO. The molecule has 0 unspecified atom stereocenters. The van der Waals surface area contributed by atoms with E-state index in [9.17, 15) is 44.7 Å². The van der Waals surface area contributed by atoms with Gasteiger partial charge in [-0.05, 0) is 113 Å². The molecule has 16 atom stereocenters. The lowest BCUT2D eigenvalue weighted by Crippen LogP contribution is -2.69.